The molecule has 1 aliphatic carbocycles. The molecule has 4 aromatic rings. The Morgan fingerprint density at radius 3 is 2.28 bits per heavy atom. The number of aryl methyl sites for hydroxylation is 3. The Balaban J connectivity index is 1.24. The third-order valence-electron chi connectivity index (χ3n) is 8.20. The van der Waals surface area contributed by atoms with Crippen LogP contribution in [0.3, 0.4) is 0 Å². The molecule has 0 heterocycles. The number of benzene rings is 4. The molecule has 222 valence electrons. The highest BCUT2D eigenvalue weighted by Gasteiger charge is 2.25. The number of amides is 2. The van der Waals surface area contributed by atoms with Gasteiger partial charge in [-0.3, -0.25) is 9.59 Å². The lowest BCUT2D eigenvalue weighted by atomic mass is 9.95. The van der Waals surface area contributed by atoms with Crippen LogP contribution in [-0.2, 0) is 22.4 Å². The van der Waals surface area contributed by atoms with Crippen LogP contribution in [0.15, 0.2) is 97.1 Å². The van der Waals surface area contributed by atoms with Gasteiger partial charge in [0, 0.05) is 0 Å². The topological polar surface area (TPSA) is 93.4 Å². The third-order valence-corrected chi connectivity index (χ3v) is 8.20. The summed E-state index contributed by atoms with van der Waals surface area (Å²) in [7, 11) is 0. The summed E-state index contributed by atoms with van der Waals surface area (Å²) in [6.07, 6.45) is 4.03. The molecule has 1 aliphatic rings. The number of unbranched alkanes of at least 4 members (excludes halogenated alkanes) is 1. The van der Waals surface area contributed by atoms with Crippen molar-refractivity contribution in [2.45, 2.75) is 64.1 Å². The summed E-state index contributed by atoms with van der Waals surface area (Å²) < 4.78 is 5.92. The summed E-state index contributed by atoms with van der Waals surface area (Å²) >= 11 is 0. The number of rotatable bonds is 11. The van der Waals surface area contributed by atoms with Crippen molar-refractivity contribution < 1.29 is 14.3 Å². The highest BCUT2D eigenvalue weighted by molar-refractivity contribution is 5.88. The maximum atomic E-state index is 13.6. The van der Waals surface area contributed by atoms with Crippen LogP contribution in [0, 0.1) is 6.92 Å². The van der Waals surface area contributed by atoms with Crippen LogP contribution in [0.2, 0.25) is 0 Å². The van der Waals surface area contributed by atoms with E-state index in [2.05, 4.69) is 29.7 Å². The fraction of sp³-hybridized carbons (Fsp3) is 0.297. The minimum Gasteiger partial charge on any atom is -0.484 e. The molecule has 4 aromatic carbocycles. The van der Waals surface area contributed by atoms with Crippen LogP contribution >= 0.6 is 0 Å². The van der Waals surface area contributed by atoms with E-state index in [0.717, 1.165) is 59.1 Å². The first-order valence-electron chi connectivity index (χ1n) is 15.2. The van der Waals surface area contributed by atoms with Crippen molar-refractivity contribution in [2.75, 3.05) is 6.61 Å². The van der Waals surface area contributed by atoms with Crippen molar-refractivity contribution in [2.24, 2.45) is 5.73 Å². The van der Waals surface area contributed by atoms with Crippen LogP contribution in [-0.4, -0.2) is 24.5 Å². The van der Waals surface area contributed by atoms with Crippen molar-refractivity contribution in [1.82, 2.24) is 10.6 Å². The summed E-state index contributed by atoms with van der Waals surface area (Å²) in [5, 5.41) is 6.14. The average molecular weight is 576 g/mol. The molecule has 3 atom stereocenters. The molecule has 0 saturated heterocycles. The van der Waals surface area contributed by atoms with E-state index < -0.39 is 6.04 Å². The lowest BCUT2D eigenvalue weighted by Crippen LogP contribution is -2.49. The van der Waals surface area contributed by atoms with E-state index in [1.165, 1.54) is 5.56 Å². The number of ether oxygens (including phenoxy) is 1. The molecule has 4 N–H and O–H groups in total. The Morgan fingerprint density at radius 1 is 0.837 bits per heavy atom. The second-order valence-electron chi connectivity index (χ2n) is 11.4. The third kappa shape index (κ3) is 7.51. The zero-order chi connectivity index (χ0) is 30.2. The molecule has 0 spiro atoms. The van der Waals surface area contributed by atoms with E-state index >= 15 is 0 Å². The Hall–Kier alpha value is -4.42. The molecule has 0 fully saturated rings. The summed E-state index contributed by atoms with van der Waals surface area (Å²) in [6, 6.07) is 31.0. The first-order valence-corrected chi connectivity index (χ1v) is 15.2. The monoisotopic (exact) mass is 575 g/mol. The number of hydrogen-bond donors (Lipinski definition) is 3. The summed E-state index contributed by atoms with van der Waals surface area (Å²) in [6.45, 7) is 3.93. The molecule has 43 heavy (non-hydrogen) atoms. The highest BCUT2D eigenvalue weighted by atomic mass is 16.5. The molecule has 0 saturated carbocycles. The van der Waals surface area contributed by atoms with Crippen molar-refractivity contribution in [3.05, 3.63) is 136 Å². The highest BCUT2D eigenvalue weighted by Crippen LogP contribution is 2.32. The zero-order valence-corrected chi connectivity index (χ0v) is 25.0. The maximum absolute atomic E-state index is 13.6. The van der Waals surface area contributed by atoms with Gasteiger partial charge in [-0.25, -0.2) is 0 Å². The predicted molar refractivity (Wildman–Crippen MR) is 171 cm³/mol. The molecular formula is C37H41N3O3. The Kier molecular flexibility index (Phi) is 9.90. The summed E-state index contributed by atoms with van der Waals surface area (Å²) in [5.74, 6) is 0.0711. The summed E-state index contributed by atoms with van der Waals surface area (Å²) in [4.78, 5) is 26.7. The van der Waals surface area contributed by atoms with Crippen LogP contribution in [0.4, 0.5) is 0 Å². The summed E-state index contributed by atoms with van der Waals surface area (Å²) in [5.41, 5.74) is 14.4. The molecule has 6 heteroatoms. The van der Waals surface area contributed by atoms with Crippen LogP contribution in [0.5, 0.6) is 5.75 Å². The molecule has 0 aromatic heterocycles. The van der Waals surface area contributed by atoms with Gasteiger partial charge in [0.05, 0.1) is 12.1 Å². The number of nitrogens with one attached hydrogen (secondary N) is 2. The smallest absolute Gasteiger partial charge is 0.258 e. The largest absolute Gasteiger partial charge is 0.484 e. The molecule has 0 bridgehead atoms. The Morgan fingerprint density at radius 2 is 1.51 bits per heavy atom. The number of carbonyl (C=O) groups excluding carboxylic acids is 2. The van der Waals surface area contributed by atoms with Crippen molar-refractivity contribution >= 4 is 11.8 Å². The van der Waals surface area contributed by atoms with Crippen LogP contribution in [0.25, 0.3) is 0 Å². The normalized spacial score (nSPS) is 15.3. The van der Waals surface area contributed by atoms with Gasteiger partial charge in [-0.1, -0.05) is 110 Å². The van der Waals surface area contributed by atoms with Crippen LogP contribution in [0.1, 0.15) is 77.2 Å². The molecule has 0 aliphatic heterocycles. The van der Waals surface area contributed by atoms with E-state index in [-0.39, 0.29) is 30.5 Å². The lowest BCUT2D eigenvalue weighted by molar-refractivity contribution is -0.130. The van der Waals surface area contributed by atoms with Gasteiger partial charge < -0.3 is 21.1 Å². The van der Waals surface area contributed by atoms with Crippen LogP contribution < -0.4 is 21.1 Å². The maximum Gasteiger partial charge on any atom is 0.258 e. The molecule has 6 nitrogen and oxygen atoms in total. The van der Waals surface area contributed by atoms with E-state index in [1.54, 1.807) is 0 Å². The quantitative estimate of drug-likeness (QED) is 0.201. The van der Waals surface area contributed by atoms with Gasteiger partial charge in [0.1, 0.15) is 11.8 Å². The van der Waals surface area contributed by atoms with Crippen molar-refractivity contribution in [3.63, 3.8) is 0 Å². The van der Waals surface area contributed by atoms with E-state index in [1.807, 2.05) is 91.9 Å². The van der Waals surface area contributed by atoms with Crippen molar-refractivity contribution in [1.29, 1.82) is 0 Å². The molecular weight excluding hydrogens is 534 g/mol. The van der Waals surface area contributed by atoms with E-state index in [9.17, 15) is 9.59 Å². The lowest BCUT2D eigenvalue weighted by Gasteiger charge is -2.24. The first kappa shape index (κ1) is 30.1. The Bertz CT molecular complexity index is 1530. The van der Waals surface area contributed by atoms with Gasteiger partial charge >= 0.3 is 0 Å². The minimum atomic E-state index is -0.670. The second kappa shape index (κ2) is 14.2. The number of hydrogen-bond acceptors (Lipinski definition) is 4. The molecule has 5 rings (SSSR count). The first-order chi connectivity index (χ1) is 20.9. The fourth-order valence-electron chi connectivity index (χ4n) is 5.76. The van der Waals surface area contributed by atoms with E-state index in [0.29, 0.717) is 12.2 Å². The fourth-order valence-corrected chi connectivity index (χ4v) is 5.76. The molecule has 2 amide bonds. The second-order valence-corrected chi connectivity index (χ2v) is 11.4. The average Bonchev–Trinajstić information content (AvgIpc) is 3.17. The van der Waals surface area contributed by atoms with Gasteiger partial charge in [-0.15, -0.1) is 0 Å². The standard InChI is InChI=1S/C37H41N3O3/c1-3-4-14-33(37(42)40-36(27-11-6-5-7-12-27)28-17-15-25(2)16-18-28)39-34(41)24-43-30-21-22-32-29(23-30)20-19-26-10-8-9-13-31(26)35(32)38/h5-13,15-18,21-23,33,35-36H,3-4,14,19-20,24,38H2,1-2H3,(H,39,41)(H,40,42). The Labute approximate surface area is 254 Å². The van der Waals surface area contributed by atoms with Gasteiger partial charge in [-0.2, -0.15) is 0 Å². The molecule has 3 unspecified atom stereocenters. The number of nitrogens with two attached hydrogens (primary N) is 1. The minimum absolute atomic E-state index is 0.180. The molecule has 0 radical (unpaired) electrons. The SMILES string of the molecule is CCCCC(NC(=O)COc1ccc2c(c1)CCc1ccccc1C2N)C(=O)NC(c1ccccc1)c1ccc(C)cc1. The number of fused-ring (bicyclic) bond motifs is 2. The number of carbonyl (C=O) groups is 2. The van der Waals surface area contributed by atoms with Gasteiger partial charge in [-0.05, 0) is 71.7 Å². The van der Waals surface area contributed by atoms with Crippen molar-refractivity contribution in [3.8, 4) is 5.75 Å². The van der Waals surface area contributed by atoms with Gasteiger partial charge in [0.2, 0.25) is 5.91 Å². The zero-order valence-electron chi connectivity index (χ0n) is 25.0. The van der Waals surface area contributed by atoms with E-state index in [4.69, 9.17) is 10.5 Å². The predicted octanol–water partition coefficient (Wildman–Crippen LogP) is 6.10. The van der Waals surface area contributed by atoms with Gasteiger partial charge in [0.25, 0.3) is 5.91 Å². The van der Waals surface area contributed by atoms with Gasteiger partial charge in [0.15, 0.2) is 6.61 Å².